The summed E-state index contributed by atoms with van der Waals surface area (Å²) >= 11 is 6.08. The molecule has 1 unspecified atom stereocenters. The third kappa shape index (κ3) is 36.0. The van der Waals surface area contributed by atoms with Gasteiger partial charge in [-0.3, -0.25) is 0 Å². The van der Waals surface area contributed by atoms with Crippen molar-refractivity contribution in [3.05, 3.63) is 10.7 Å². The van der Waals surface area contributed by atoms with Crippen LogP contribution in [-0.2, 0) is 4.57 Å². The monoisotopic (exact) mass is 408 g/mol. The Hall–Kier alpha value is 3.57. The summed E-state index contributed by atoms with van der Waals surface area (Å²) in [6, 6.07) is 0. The largest absolute Gasteiger partial charge is 1.00 e. The van der Waals surface area contributed by atoms with Crippen LogP contribution in [0.1, 0.15) is 0 Å². The number of aliphatic hydroxyl groups excluding tert-OH is 2. The van der Waals surface area contributed by atoms with Crippen molar-refractivity contribution in [1.29, 1.82) is 0 Å². The van der Waals surface area contributed by atoms with Gasteiger partial charge in [0.05, 0.1) is 17.7 Å². The summed E-state index contributed by atoms with van der Waals surface area (Å²) in [5.74, 6) is 0. The number of hydrogen-bond donors (Lipinski definition) is 2. The molecule has 0 saturated heterocycles. The van der Waals surface area contributed by atoms with Gasteiger partial charge in [0.15, 0.2) is 0 Å². The molecule has 6 nitrogen and oxygen atoms in total. The Morgan fingerprint density at radius 2 is 1.56 bits per heavy atom. The maximum atomic E-state index is 8.55. The minimum atomic E-state index is -5.39. The van der Waals surface area contributed by atoms with Crippen LogP contribution in [0.5, 0.6) is 0 Å². The van der Waals surface area contributed by atoms with Crippen molar-refractivity contribution >= 4 is 39.7 Å². The van der Waals surface area contributed by atoms with E-state index in [2.05, 4.69) is 31.9 Å². The van der Waals surface area contributed by atoms with Crippen LogP contribution in [0.3, 0.4) is 0 Å². The fourth-order valence-corrected chi connectivity index (χ4v) is 0.431. The van der Waals surface area contributed by atoms with Gasteiger partial charge in [0.25, 0.3) is 0 Å². The molecule has 0 aromatic carbocycles. The number of aliphatic hydroxyl groups is 2. The summed E-state index contributed by atoms with van der Waals surface area (Å²) < 4.78 is 9.09. The third-order valence-corrected chi connectivity index (χ3v) is 2.74. The molecular formula is C4H6Br2Na3O6P. The second-order valence-electron chi connectivity index (χ2n) is 1.61. The van der Waals surface area contributed by atoms with Crippen LogP contribution in [0.15, 0.2) is 10.7 Å². The van der Waals surface area contributed by atoms with Crippen molar-refractivity contribution in [2.45, 2.75) is 4.83 Å². The van der Waals surface area contributed by atoms with Gasteiger partial charge >= 0.3 is 88.7 Å². The van der Waals surface area contributed by atoms with Crippen molar-refractivity contribution in [1.82, 2.24) is 0 Å². The SMILES string of the molecule is O=P([O-])([O-])[O-].OC=C(Br)C(Br)CO.[Na+].[Na+].[Na+]. The van der Waals surface area contributed by atoms with Crippen LogP contribution in [0.2, 0.25) is 0 Å². The van der Waals surface area contributed by atoms with Crippen molar-refractivity contribution in [3.63, 3.8) is 0 Å². The summed E-state index contributed by atoms with van der Waals surface area (Å²) in [4.78, 5) is 25.5. The van der Waals surface area contributed by atoms with Gasteiger partial charge in [-0.05, 0) is 0 Å². The van der Waals surface area contributed by atoms with E-state index in [-0.39, 0.29) is 100 Å². The van der Waals surface area contributed by atoms with Crippen LogP contribution in [0, 0.1) is 0 Å². The fourth-order valence-electron chi connectivity index (χ4n) is 0.168. The first-order valence-corrected chi connectivity index (χ1v) is 5.87. The molecule has 0 rings (SSSR count). The summed E-state index contributed by atoms with van der Waals surface area (Å²) in [7, 11) is -5.39. The standard InChI is InChI=1S/C4H6Br2O2.3Na.H3O4P/c5-3(1-7)4(6)2-8;;;;1-5(2,3)4/h1,4,7-8H,2H2;;;;(H3,1,2,3,4)/q;3*+1;/p-3. The average molecular weight is 410 g/mol. The van der Waals surface area contributed by atoms with Crippen molar-refractivity contribution < 1.29 is 118 Å². The molecule has 0 aromatic heterocycles. The summed E-state index contributed by atoms with van der Waals surface area (Å²) in [6.45, 7) is -0.0301. The van der Waals surface area contributed by atoms with Crippen LogP contribution >= 0.6 is 39.7 Å². The Morgan fingerprint density at radius 3 is 1.62 bits per heavy atom. The molecule has 0 heterocycles. The molecule has 0 aliphatic heterocycles. The molecule has 2 N–H and O–H groups in total. The average Bonchev–Trinajstić information content (AvgIpc) is 1.98. The van der Waals surface area contributed by atoms with Gasteiger partial charge in [0.2, 0.25) is 0 Å². The van der Waals surface area contributed by atoms with E-state index in [4.69, 9.17) is 29.5 Å². The number of rotatable bonds is 2. The normalized spacial score (nSPS) is 11.8. The number of phosphoric acid groups is 1. The van der Waals surface area contributed by atoms with Crippen LogP contribution in [-0.4, -0.2) is 21.6 Å². The summed E-state index contributed by atoms with van der Waals surface area (Å²) in [5.41, 5.74) is 0. The van der Waals surface area contributed by atoms with Gasteiger partial charge in [-0.2, -0.15) is 7.82 Å². The molecule has 0 saturated carbocycles. The van der Waals surface area contributed by atoms with Gasteiger partial charge < -0.3 is 29.5 Å². The molecule has 12 heteroatoms. The first kappa shape index (κ1) is 31.8. The zero-order chi connectivity index (χ0) is 11.1. The Kier molecular flexibility index (Phi) is 36.9. The molecule has 0 fully saturated rings. The second-order valence-corrected chi connectivity index (χ2v) is 4.53. The third-order valence-electron chi connectivity index (χ3n) is 0.583. The van der Waals surface area contributed by atoms with Crippen molar-refractivity contribution in [2.75, 3.05) is 6.61 Å². The maximum Gasteiger partial charge on any atom is 1.00 e. The van der Waals surface area contributed by atoms with E-state index in [1.807, 2.05) is 0 Å². The smallest absolute Gasteiger partial charge is 0.822 e. The van der Waals surface area contributed by atoms with E-state index >= 15 is 0 Å². The Labute approximate surface area is 177 Å². The molecule has 16 heavy (non-hydrogen) atoms. The van der Waals surface area contributed by atoms with Crippen molar-refractivity contribution in [2.24, 2.45) is 0 Å². The summed E-state index contributed by atoms with van der Waals surface area (Å²) in [5, 5.41) is 16.7. The van der Waals surface area contributed by atoms with E-state index in [0.29, 0.717) is 4.48 Å². The fraction of sp³-hybridized carbons (Fsp3) is 0.500. The predicted octanol–water partition coefficient (Wildman–Crippen LogP) is -10.3. The predicted molar refractivity (Wildman–Crippen MR) is 47.0 cm³/mol. The number of alkyl halides is 1. The molecule has 0 bridgehead atoms. The molecule has 80 valence electrons. The molecule has 1 atom stereocenters. The summed E-state index contributed by atoms with van der Waals surface area (Å²) in [6.07, 6.45) is 0.898. The molecule has 0 amide bonds. The zero-order valence-electron chi connectivity index (χ0n) is 9.09. The number of halogens is 2. The van der Waals surface area contributed by atoms with E-state index in [1.165, 1.54) is 0 Å². The minimum Gasteiger partial charge on any atom is -0.822 e. The van der Waals surface area contributed by atoms with Gasteiger partial charge in [-0.1, -0.05) is 31.9 Å². The first-order chi connectivity index (χ1) is 5.72. The van der Waals surface area contributed by atoms with Gasteiger partial charge in [-0.25, -0.2) is 0 Å². The quantitative estimate of drug-likeness (QED) is 0.202. The van der Waals surface area contributed by atoms with E-state index < -0.39 is 7.82 Å². The van der Waals surface area contributed by atoms with Gasteiger partial charge in [-0.15, -0.1) is 0 Å². The van der Waals surface area contributed by atoms with E-state index in [9.17, 15) is 0 Å². The van der Waals surface area contributed by atoms with Crippen molar-refractivity contribution in [3.8, 4) is 0 Å². The van der Waals surface area contributed by atoms with E-state index in [0.717, 1.165) is 6.26 Å². The van der Waals surface area contributed by atoms with Gasteiger partial charge in [0.1, 0.15) is 0 Å². The molecule has 0 radical (unpaired) electrons. The van der Waals surface area contributed by atoms with Gasteiger partial charge in [0, 0.05) is 4.48 Å². The molecule has 0 aliphatic carbocycles. The van der Waals surface area contributed by atoms with Crippen LogP contribution < -0.4 is 103 Å². The van der Waals surface area contributed by atoms with E-state index in [1.54, 1.807) is 0 Å². The maximum absolute atomic E-state index is 8.55. The first-order valence-electron chi connectivity index (χ1n) is 2.70. The molecule has 0 spiro atoms. The molecule has 0 aliphatic rings. The molecule has 0 aromatic rings. The Bertz CT molecular complexity index is 204. The van der Waals surface area contributed by atoms with Crippen LogP contribution in [0.4, 0.5) is 0 Å². The zero-order valence-corrected chi connectivity index (χ0v) is 19.2. The second kappa shape index (κ2) is 18.6. The number of hydrogen-bond acceptors (Lipinski definition) is 6. The molecular weight excluding hydrogens is 404 g/mol. The minimum absolute atomic E-state index is 0. The Morgan fingerprint density at radius 1 is 1.31 bits per heavy atom. The Balaban J connectivity index is -0.0000000454. The topological polar surface area (TPSA) is 127 Å². The van der Waals surface area contributed by atoms with Crippen LogP contribution in [0.25, 0.3) is 0 Å².